The SMILES string of the molecule is CCN(C(=O)c1sccc1C#CCO)c1ccc(F)cc1. The van der Waals surface area contributed by atoms with E-state index in [0.717, 1.165) is 0 Å². The second-order valence-corrected chi connectivity index (χ2v) is 5.07. The number of aliphatic hydroxyl groups is 1. The van der Waals surface area contributed by atoms with E-state index >= 15 is 0 Å². The largest absolute Gasteiger partial charge is 0.384 e. The summed E-state index contributed by atoms with van der Waals surface area (Å²) in [5.74, 6) is 4.79. The fourth-order valence-corrected chi connectivity index (χ4v) is 2.69. The molecule has 0 aliphatic heterocycles. The molecule has 21 heavy (non-hydrogen) atoms. The molecule has 2 aromatic rings. The predicted molar refractivity (Wildman–Crippen MR) is 82.0 cm³/mol. The summed E-state index contributed by atoms with van der Waals surface area (Å²) in [6, 6.07) is 7.55. The molecule has 1 N–H and O–H groups in total. The number of thiophene rings is 1. The van der Waals surface area contributed by atoms with Gasteiger partial charge in [-0.05, 0) is 42.6 Å². The first-order chi connectivity index (χ1) is 10.2. The number of benzene rings is 1. The third kappa shape index (κ3) is 3.48. The van der Waals surface area contributed by atoms with Crippen molar-refractivity contribution in [2.75, 3.05) is 18.1 Å². The van der Waals surface area contributed by atoms with Gasteiger partial charge in [0.05, 0.1) is 0 Å². The highest BCUT2D eigenvalue weighted by atomic mass is 32.1. The number of nitrogens with zero attached hydrogens (tertiary/aromatic N) is 1. The van der Waals surface area contributed by atoms with Crippen LogP contribution in [0, 0.1) is 17.7 Å². The van der Waals surface area contributed by atoms with Gasteiger partial charge in [-0.3, -0.25) is 4.79 Å². The van der Waals surface area contributed by atoms with Crippen molar-refractivity contribution in [1.29, 1.82) is 0 Å². The lowest BCUT2D eigenvalue weighted by molar-refractivity contribution is 0.0992. The van der Waals surface area contributed by atoms with Gasteiger partial charge < -0.3 is 10.0 Å². The molecule has 2 rings (SSSR count). The maximum absolute atomic E-state index is 13.0. The number of halogens is 1. The Morgan fingerprint density at radius 2 is 2.05 bits per heavy atom. The van der Waals surface area contributed by atoms with E-state index in [4.69, 9.17) is 5.11 Å². The summed E-state index contributed by atoms with van der Waals surface area (Å²) in [5, 5.41) is 10.5. The van der Waals surface area contributed by atoms with E-state index < -0.39 is 0 Å². The van der Waals surface area contributed by atoms with Crippen molar-refractivity contribution in [3.05, 3.63) is 52.0 Å². The fourth-order valence-electron chi connectivity index (χ4n) is 1.90. The molecule has 0 saturated heterocycles. The van der Waals surface area contributed by atoms with E-state index in [-0.39, 0.29) is 18.3 Å². The first-order valence-electron chi connectivity index (χ1n) is 6.42. The van der Waals surface area contributed by atoms with Crippen molar-refractivity contribution in [1.82, 2.24) is 0 Å². The van der Waals surface area contributed by atoms with E-state index in [9.17, 15) is 9.18 Å². The first-order valence-corrected chi connectivity index (χ1v) is 7.30. The van der Waals surface area contributed by atoms with Crippen LogP contribution in [-0.2, 0) is 0 Å². The van der Waals surface area contributed by atoms with Gasteiger partial charge in [-0.2, -0.15) is 0 Å². The Bertz CT molecular complexity index is 682. The van der Waals surface area contributed by atoms with Crippen LogP contribution >= 0.6 is 11.3 Å². The van der Waals surface area contributed by atoms with E-state index in [1.807, 2.05) is 6.92 Å². The van der Waals surface area contributed by atoms with Gasteiger partial charge in [0.25, 0.3) is 5.91 Å². The second kappa shape index (κ2) is 7.02. The zero-order chi connectivity index (χ0) is 15.2. The minimum Gasteiger partial charge on any atom is -0.384 e. The van der Waals surface area contributed by atoms with Crippen LogP contribution < -0.4 is 4.90 Å². The second-order valence-electron chi connectivity index (χ2n) is 4.15. The molecule has 3 nitrogen and oxygen atoms in total. The molecule has 1 aromatic carbocycles. The summed E-state index contributed by atoms with van der Waals surface area (Å²) in [6.07, 6.45) is 0. The Morgan fingerprint density at radius 1 is 1.33 bits per heavy atom. The molecule has 0 aliphatic rings. The number of carbonyl (C=O) groups excluding carboxylic acids is 1. The third-order valence-corrected chi connectivity index (χ3v) is 3.76. The molecule has 0 saturated carbocycles. The van der Waals surface area contributed by atoms with Crippen LogP contribution in [0.15, 0.2) is 35.7 Å². The number of rotatable bonds is 3. The quantitative estimate of drug-likeness (QED) is 0.886. The normalized spacial score (nSPS) is 9.86. The van der Waals surface area contributed by atoms with Crippen molar-refractivity contribution in [3.8, 4) is 11.8 Å². The zero-order valence-electron chi connectivity index (χ0n) is 11.5. The molecule has 108 valence electrons. The minimum absolute atomic E-state index is 0.179. The molecule has 0 aliphatic carbocycles. The van der Waals surface area contributed by atoms with E-state index in [2.05, 4.69) is 11.8 Å². The highest BCUT2D eigenvalue weighted by Crippen LogP contribution is 2.22. The average molecular weight is 303 g/mol. The topological polar surface area (TPSA) is 40.5 Å². The molecule has 0 unspecified atom stereocenters. The molecule has 0 radical (unpaired) electrons. The standard InChI is InChI=1S/C16H14FNO2S/c1-2-18(14-7-5-13(17)6-8-14)16(20)15-12(4-3-10-19)9-11-21-15/h5-9,11,19H,2,10H2,1H3. The Labute approximate surface area is 126 Å². The summed E-state index contributed by atoms with van der Waals surface area (Å²) >= 11 is 1.30. The number of aliphatic hydroxyl groups excluding tert-OH is 1. The van der Waals surface area contributed by atoms with E-state index in [0.29, 0.717) is 22.7 Å². The number of amides is 1. The van der Waals surface area contributed by atoms with Crippen molar-refractivity contribution < 1.29 is 14.3 Å². The van der Waals surface area contributed by atoms with Gasteiger partial charge >= 0.3 is 0 Å². The number of hydrogen-bond acceptors (Lipinski definition) is 3. The Hall–Kier alpha value is -2.16. The van der Waals surface area contributed by atoms with Crippen molar-refractivity contribution >= 4 is 22.9 Å². The van der Waals surface area contributed by atoms with Crippen LogP contribution in [0.4, 0.5) is 10.1 Å². The number of carbonyl (C=O) groups is 1. The highest BCUT2D eigenvalue weighted by molar-refractivity contribution is 7.12. The van der Waals surface area contributed by atoms with Crippen LogP contribution in [0.2, 0.25) is 0 Å². The molecule has 5 heteroatoms. The van der Waals surface area contributed by atoms with Crippen LogP contribution in [0.1, 0.15) is 22.2 Å². The summed E-state index contributed by atoms with van der Waals surface area (Å²) in [5.41, 5.74) is 1.23. The number of anilines is 1. The fraction of sp³-hybridized carbons (Fsp3) is 0.188. The first kappa shape index (κ1) is 15.2. The van der Waals surface area contributed by atoms with Crippen molar-refractivity contribution in [2.24, 2.45) is 0 Å². The van der Waals surface area contributed by atoms with Crippen LogP contribution in [0.25, 0.3) is 0 Å². The highest BCUT2D eigenvalue weighted by Gasteiger charge is 2.20. The minimum atomic E-state index is -0.340. The van der Waals surface area contributed by atoms with Crippen molar-refractivity contribution in [2.45, 2.75) is 6.92 Å². The average Bonchev–Trinajstić information content (AvgIpc) is 2.96. The maximum Gasteiger partial charge on any atom is 0.269 e. The monoisotopic (exact) mass is 303 g/mol. The van der Waals surface area contributed by atoms with Crippen molar-refractivity contribution in [3.63, 3.8) is 0 Å². The predicted octanol–water partition coefficient (Wildman–Crippen LogP) is 2.90. The molecule has 1 heterocycles. The van der Waals surface area contributed by atoms with Gasteiger partial charge in [0.1, 0.15) is 17.3 Å². The van der Waals surface area contributed by atoms with E-state index in [1.54, 1.807) is 28.5 Å². The molecule has 0 spiro atoms. The molecule has 0 atom stereocenters. The Balaban J connectivity index is 2.33. The smallest absolute Gasteiger partial charge is 0.269 e. The van der Waals surface area contributed by atoms with Crippen LogP contribution in [0.3, 0.4) is 0 Å². The third-order valence-electron chi connectivity index (χ3n) is 2.86. The molecule has 0 fully saturated rings. The van der Waals surface area contributed by atoms with Crippen LogP contribution in [0.5, 0.6) is 0 Å². The van der Waals surface area contributed by atoms with Gasteiger partial charge in [-0.1, -0.05) is 11.8 Å². The number of hydrogen-bond donors (Lipinski definition) is 1. The van der Waals surface area contributed by atoms with Gasteiger partial charge in [0.15, 0.2) is 0 Å². The Morgan fingerprint density at radius 3 is 2.67 bits per heavy atom. The Kier molecular flexibility index (Phi) is 5.09. The van der Waals surface area contributed by atoms with Crippen LogP contribution in [-0.4, -0.2) is 24.2 Å². The molecular formula is C16H14FNO2S. The summed E-state index contributed by atoms with van der Waals surface area (Å²) in [6.45, 7) is 2.07. The molecular weight excluding hydrogens is 289 g/mol. The summed E-state index contributed by atoms with van der Waals surface area (Å²) in [4.78, 5) is 14.7. The lowest BCUT2D eigenvalue weighted by Crippen LogP contribution is -2.30. The van der Waals surface area contributed by atoms with Gasteiger partial charge in [-0.25, -0.2) is 4.39 Å². The van der Waals surface area contributed by atoms with Gasteiger partial charge in [0.2, 0.25) is 0 Å². The zero-order valence-corrected chi connectivity index (χ0v) is 12.3. The maximum atomic E-state index is 13.0. The van der Waals surface area contributed by atoms with Gasteiger partial charge in [0, 0.05) is 17.8 Å². The summed E-state index contributed by atoms with van der Waals surface area (Å²) in [7, 11) is 0. The lowest BCUT2D eigenvalue weighted by atomic mass is 10.2. The molecule has 0 bridgehead atoms. The molecule has 1 amide bonds. The molecule has 1 aromatic heterocycles. The lowest BCUT2D eigenvalue weighted by Gasteiger charge is -2.20. The van der Waals surface area contributed by atoms with E-state index in [1.165, 1.54) is 23.5 Å². The van der Waals surface area contributed by atoms with Gasteiger partial charge in [-0.15, -0.1) is 11.3 Å². The summed E-state index contributed by atoms with van der Waals surface area (Å²) < 4.78 is 13.0.